The van der Waals surface area contributed by atoms with Crippen LogP contribution in [0.1, 0.15) is 77.0 Å². The monoisotopic (exact) mass is 723 g/mol. The standard InChI is InChI=1S/C37H45N3O8S2/c1-37(2,3)48-35(44)39-27(18-31(38)41)34(43)46-10-6-8-23-17-28(22-7-5-9-26(16-22)45-4)47-29(23)19-30-33(42)40(36(49)50-30)32-24-12-20-11-21(14-24)15-25(32)13-20/h5,7,9,16-17,19-21,24-25,27,32H,6,8,10-15,18H2,1-4H3,(H2,38,41)(H,39,44)/t20?,21?,24?,25?,27-,32?/m1/s1. The Balaban J connectivity index is 1.17. The molecule has 1 aliphatic heterocycles. The molecule has 1 aromatic carbocycles. The van der Waals surface area contributed by atoms with Gasteiger partial charge in [0, 0.05) is 17.7 Å². The Morgan fingerprint density at radius 2 is 1.82 bits per heavy atom. The summed E-state index contributed by atoms with van der Waals surface area (Å²) in [6.07, 6.45) is 7.42. The number of nitrogens with one attached hydrogen (secondary N) is 1. The third-order valence-electron chi connectivity index (χ3n) is 9.97. The zero-order chi connectivity index (χ0) is 35.7. The lowest BCUT2D eigenvalue weighted by molar-refractivity contribution is -0.147. The van der Waals surface area contributed by atoms with E-state index < -0.39 is 36.0 Å². The van der Waals surface area contributed by atoms with Crippen molar-refractivity contribution < 1.29 is 37.8 Å². The Bertz CT molecular complexity index is 1670. The van der Waals surface area contributed by atoms with E-state index in [0.29, 0.717) is 51.2 Å². The van der Waals surface area contributed by atoms with E-state index in [4.69, 9.17) is 36.6 Å². The SMILES string of the molecule is COc1cccc(-c2cc(CCCOC(=O)[C@@H](CC(N)=O)NC(=O)OC(C)(C)C)c(C=C3SC(=S)N(C4C5CC6CC(C5)CC4C6)C3=O)o2)c1. The number of rotatable bonds is 12. The fourth-order valence-electron chi connectivity index (χ4n) is 8.23. The molecule has 0 radical (unpaired) electrons. The van der Waals surface area contributed by atoms with Crippen LogP contribution in [0.5, 0.6) is 5.75 Å². The first-order chi connectivity index (χ1) is 23.8. The number of hydrogen-bond donors (Lipinski definition) is 2. The molecule has 3 amide bonds. The minimum atomic E-state index is -1.29. The summed E-state index contributed by atoms with van der Waals surface area (Å²) in [5.41, 5.74) is 6.14. The van der Waals surface area contributed by atoms with Crippen molar-refractivity contribution in [1.29, 1.82) is 0 Å². The number of nitrogens with zero attached hydrogens (tertiary/aromatic N) is 1. The van der Waals surface area contributed by atoms with Gasteiger partial charge in [-0.25, -0.2) is 9.59 Å². The molecule has 50 heavy (non-hydrogen) atoms. The minimum absolute atomic E-state index is 0.00221. The van der Waals surface area contributed by atoms with E-state index in [9.17, 15) is 19.2 Å². The second-order valence-corrected chi connectivity index (χ2v) is 16.5. The number of esters is 1. The van der Waals surface area contributed by atoms with Gasteiger partial charge in [0.15, 0.2) is 0 Å². The first-order valence-corrected chi connectivity index (χ1v) is 18.5. The number of primary amides is 1. The van der Waals surface area contributed by atoms with Crippen LogP contribution in [0.15, 0.2) is 39.7 Å². The Kier molecular flexibility index (Phi) is 10.6. The van der Waals surface area contributed by atoms with Gasteiger partial charge in [0.2, 0.25) is 5.91 Å². The predicted molar refractivity (Wildman–Crippen MR) is 193 cm³/mol. The number of benzene rings is 1. The zero-order valence-electron chi connectivity index (χ0n) is 28.9. The number of carbonyl (C=O) groups excluding carboxylic acids is 4. The fraction of sp³-hybridized carbons (Fsp3) is 0.541. The highest BCUT2D eigenvalue weighted by Crippen LogP contribution is 2.56. The van der Waals surface area contributed by atoms with Crippen LogP contribution in [0.25, 0.3) is 17.4 Å². The third kappa shape index (κ3) is 8.20. The maximum atomic E-state index is 14.0. The van der Waals surface area contributed by atoms with Gasteiger partial charge in [-0.3, -0.25) is 14.5 Å². The quantitative estimate of drug-likeness (QED) is 0.112. The smallest absolute Gasteiger partial charge is 0.408 e. The van der Waals surface area contributed by atoms with E-state index in [1.54, 1.807) is 34.0 Å². The number of methoxy groups -OCH3 is 1. The molecule has 4 aliphatic carbocycles. The average molecular weight is 724 g/mol. The molecule has 0 unspecified atom stereocenters. The van der Waals surface area contributed by atoms with Gasteiger partial charge in [-0.15, -0.1) is 0 Å². The molecule has 4 saturated carbocycles. The maximum absolute atomic E-state index is 14.0. The molecule has 7 rings (SSSR count). The van der Waals surface area contributed by atoms with Crippen LogP contribution in [-0.2, 0) is 30.3 Å². The molecule has 1 aromatic heterocycles. The molecule has 268 valence electrons. The maximum Gasteiger partial charge on any atom is 0.408 e. The third-order valence-corrected chi connectivity index (χ3v) is 11.3. The van der Waals surface area contributed by atoms with E-state index in [-0.39, 0.29) is 18.6 Å². The van der Waals surface area contributed by atoms with Crippen molar-refractivity contribution >= 4 is 58.3 Å². The lowest BCUT2D eigenvalue weighted by atomic mass is 9.54. The van der Waals surface area contributed by atoms with Crippen molar-refractivity contribution in [2.75, 3.05) is 13.7 Å². The van der Waals surface area contributed by atoms with Gasteiger partial charge in [-0.05, 0) is 113 Å². The molecule has 11 nitrogen and oxygen atoms in total. The van der Waals surface area contributed by atoms with Gasteiger partial charge in [0.25, 0.3) is 5.91 Å². The molecule has 2 heterocycles. The van der Waals surface area contributed by atoms with Crippen molar-refractivity contribution in [3.63, 3.8) is 0 Å². The number of ether oxygens (including phenoxy) is 3. The highest BCUT2D eigenvalue weighted by Gasteiger charge is 2.53. The van der Waals surface area contributed by atoms with Gasteiger partial charge in [0.05, 0.1) is 25.0 Å². The Morgan fingerprint density at radius 3 is 2.46 bits per heavy atom. The van der Waals surface area contributed by atoms with Gasteiger partial charge in [-0.1, -0.05) is 36.1 Å². The first-order valence-electron chi connectivity index (χ1n) is 17.3. The van der Waals surface area contributed by atoms with Crippen LogP contribution >= 0.6 is 24.0 Å². The molecule has 13 heteroatoms. The second-order valence-electron chi connectivity index (χ2n) is 14.8. The van der Waals surface area contributed by atoms with Crippen molar-refractivity contribution in [3.8, 4) is 17.1 Å². The molecule has 1 saturated heterocycles. The zero-order valence-corrected chi connectivity index (χ0v) is 30.5. The van der Waals surface area contributed by atoms with Crippen LogP contribution in [0.3, 0.4) is 0 Å². The highest BCUT2D eigenvalue weighted by molar-refractivity contribution is 8.26. The minimum Gasteiger partial charge on any atom is -0.497 e. The molecule has 0 spiro atoms. The first kappa shape index (κ1) is 36.0. The van der Waals surface area contributed by atoms with Crippen LogP contribution in [-0.4, -0.2) is 64.5 Å². The molecule has 5 aliphatic rings. The molecule has 5 fully saturated rings. The van der Waals surface area contributed by atoms with Crippen LogP contribution in [0, 0.1) is 23.7 Å². The molecular formula is C37H45N3O8S2. The molecule has 3 N–H and O–H groups in total. The molecule has 4 bridgehead atoms. The van der Waals surface area contributed by atoms with Gasteiger partial charge >= 0.3 is 12.1 Å². The summed E-state index contributed by atoms with van der Waals surface area (Å²) in [5.74, 6) is 2.77. The number of thioether (sulfide) groups is 1. The van der Waals surface area contributed by atoms with Gasteiger partial charge in [0.1, 0.15) is 33.2 Å². The Labute approximate surface area is 302 Å². The Hall–Kier alpha value is -3.84. The summed E-state index contributed by atoms with van der Waals surface area (Å²) in [5, 5.41) is 2.38. The molecular weight excluding hydrogens is 679 g/mol. The summed E-state index contributed by atoms with van der Waals surface area (Å²) >= 11 is 7.16. The van der Waals surface area contributed by atoms with E-state index in [1.165, 1.54) is 43.9 Å². The van der Waals surface area contributed by atoms with Crippen LogP contribution in [0.4, 0.5) is 4.79 Å². The lowest BCUT2D eigenvalue weighted by Gasteiger charge is -2.56. The van der Waals surface area contributed by atoms with Crippen LogP contribution < -0.4 is 15.8 Å². The number of nitrogens with two attached hydrogens (primary N) is 1. The van der Waals surface area contributed by atoms with Crippen molar-refractivity contribution in [3.05, 3.63) is 46.6 Å². The summed E-state index contributed by atoms with van der Waals surface area (Å²) in [6, 6.07) is 8.31. The molecule has 2 aromatic rings. The summed E-state index contributed by atoms with van der Waals surface area (Å²) in [4.78, 5) is 53.2. The number of carbonyl (C=O) groups is 4. The second kappa shape index (κ2) is 14.8. The van der Waals surface area contributed by atoms with E-state index in [1.807, 2.05) is 35.2 Å². The van der Waals surface area contributed by atoms with Gasteiger partial charge in [-0.2, -0.15) is 0 Å². The van der Waals surface area contributed by atoms with E-state index in [2.05, 4.69) is 5.32 Å². The summed E-state index contributed by atoms with van der Waals surface area (Å²) < 4.78 is 23.1. The Morgan fingerprint density at radius 1 is 1.12 bits per heavy atom. The number of alkyl carbamates (subject to hydrolysis) is 1. The van der Waals surface area contributed by atoms with Crippen molar-refractivity contribution in [1.82, 2.24) is 10.2 Å². The normalized spacial score (nSPS) is 25.6. The van der Waals surface area contributed by atoms with Crippen molar-refractivity contribution in [2.45, 2.75) is 89.8 Å². The lowest BCUT2D eigenvalue weighted by Crippen LogP contribution is -2.57. The average Bonchev–Trinajstić information content (AvgIpc) is 3.56. The predicted octanol–water partition coefficient (Wildman–Crippen LogP) is 6.23. The van der Waals surface area contributed by atoms with E-state index >= 15 is 0 Å². The van der Waals surface area contributed by atoms with E-state index in [0.717, 1.165) is 23.0 Å². The van der Waals surface area contributed by atoms with Crippen molar-refractivity contribution in [2.24, 2.45) is 29.4 Å². The summed E-state index contributed by atoms with van der Waals surface area (Å²) in [7, 11) is 1.60. The number of aryl methyl sites for hydroxylation is 1. The fourth-order valence-corrected chi connectivity index (χ4v) is 9.55. The number of thiocarbonyl (C=S) groups is 1. The summed E-state index contributed by atoms with van der Waals surface area (Å²) in [6.45, 7) is 5.05. The number of hydrogen-bond acceptors (Lipinski definition) is 10. The molecule has 1 atom stereocenters. The highest BCUT2D eigenvalue weighted by atomic mass is 32.2. The largest absolute Gasteiger partial charge is 0.497 e. The number of amides is 3. The van der Waals surface area contributed by atoms with Crippen LogP contribution in [0.2, 0.25) is 0 Å². The number of furan rings is 1. The topological polar surface area (TPSA) is 150 Å². The van der Waals surface area contributed by atoms with Gasteiger partial charge < -0.3 is 29.7 Å².